The first-order valence-corrected chi connectivity index (χ1v) is 10.2. The fourth-order valence-corrected chi connectivity index (χ4v) is 4.43. The number of nitrogens with zero attached hydrogens (tertiary/aromatic N) is 2. The fourth-order valence-electron chi connectivity index (χ4n) is 4.31. The van der Waals surface area contributed by atoms with Crippen molar-refractivity contribution in [2.45, 2.75) is 25.3 Å². The maximum absolute atomic E-state index is 11.5. The molecule has 1 aromatic heterocycles. The van der Waals surface area contributed by atoms with Crippen LogP contribution in [0.3, 0.4) is 0 Å². The number of halogens is 1. The maximum atomic E-state index is 11.5. The summed E-state index contributed by atoms with van der Waals surface area (Å²) in [5.41, 5.74) is 3.80. The van der Waals surface area contributed by atoms with Crippen molar-refractivity contribution >= 4 is 22.5 Å². The van der Waals surface area contributed by atoms with Crippen molar-refractivity contribution in [2.75, 3.05) is 20.8 Å². The van der Waals surface area contributed by atoms with Crippen molar-refractivity contribution in [3.05, 3.63) is 69.4 Å². The van der Waals surface area contributed by atoms with Gasteiger partial charge in [-0.2, -0.15) is 0 Å². The van der Waals surface area contributed by atoms with E-state index in [4.69, 9.17) is 21.1 Å². The van der Waals surface area contributed by atoms with E-state index in [1.165, 1.54) is 0 Å². The summed E-state index contributed by atoms with van der Waals surface area (Å²) < 4.78 is 13.6. The minimum atomic E-state index is -0.266. The van der Waals surface area contributed by atoms with Crippen molar-refractivity contribution in [2.24, 2.45) is 0 Å². The van der Waals surface area contributed by atoms with E-state index in [0.717, 1.165) is 34.0 Å². The molecule has 3 aromatic rings. The first kappa shape index (κ1) is 20.3. The number of hydrogen-bond acceptors (Lipinski definition) is 4. The maximum Gasteiger partial charge on any atom is 0.210 e. The standard InChI is InChI=1S/C23H23ClN2O4/c1-29-19-12-20(30-2)22-18(15-7-9-17(24)10-8-15)14-25-11-5-3-4-6-16(13-26(27)28)21(19)23(22)25/h3,5,7-10,12,14,16H,4,6,11,13H2,1-2H3/b5-3-. The fraction of sp³-hybridized carbons (Fsp3) is 0.304. The summed E-state index contributed by atoms with van der Waals surface area (Å²) in [6.07, 6.45) is 7.74. The average molecular weight is 427 g/mol. The van der Waals surface area contributed by atoms with Gasteiger partial charge >= 0.3 is 0 Å². The lowest BCUT2D eigenvalue weighted by molar-refractivity contribution is -0.483. The Bertz CT molecular complexity index is 1120. The highest BCUT2D eigenvalue weighted by Crippen LogP contribution is 2.46. The zero-order valence-electron chi connectivity index (χ0n) is 16.9. The van der Waals surface area contributed by atoms with Gasteiger partial charge in [0.25, 0.3) is 0 Å². The minimum absolute atomic E-state index is 0.146. The van der Waals surface area contributed by atoms with Gasteiger partial charge in [0.15, 0.2) is 0 Å². The SMILES string of the molecule is COc1cc(OC)c2c(-c3ccc(Cl)cc3)cn3c2c1C(C[N+](=O)[O-])CC/C=C\C3. The first-order valence-electron chi connectivity index (χ1n) is 9.84. The first-order chi connectivity index (χ1) is 14.5. The topological polar surface area (TPSA) is 66.5 Å². The summed E-state index contributed by atoms with van der Waals surface area (Å²) in [4.78, 5) is 11.2. The second-order valence-electron chi connectivity index (χ2n) is 7.38. The molecule has 7 heteroatoms. The van der Waals surface area contributed by atoms with E-state index < -0.39 is 0 Å². The van der Waals surface area contributed by atoms with Gasteiger partial charge in [0.05, 0.1) is 31.0 Å². The molecule has 156 valence electrons. The van der Waals surface area contributed by atoms with Crippen molar-refractivity contribution in [1.82, 2.24) is 4.57 Å². The number of ether oxygens (including phenoxy) is 2. The van der Waals surface area contributed by atoms with Crippen LogP contribution in [-0.2, 0) is 6.54 Å². The van der Waals surface area contributed by atoms with Gasteiger partial charge in [-0.15, -0.1) is 0 Å². The van der Waals surface area contributed by atoms with Gasteiger partial charge in [0.1, 0.15) is 11.5 Å². The minimum Gasteiger partial charge on any atom is -0.496 e. The summed E-state index contributed by atoms with van der Waals surface area (Å²) in [5, 5.41) is 13.1. The van der Waals surface area contributed by atoms with Gasteiger partial charge in [-0.3, -0.25) is 10.1 Å². The quantitative estimate of drug-likeness (QED) is 0.298. The van der Waals surface area contributed by atoms with Crippen molar-refractivity contribution < 1.29 is 14.4 Å². The van der Waals surface area contributed by atoms with Gasteiger partial charge in [-0.1, -0.05) is 35.9 Å². The Morgan fingerprint density at radius 2 is 1.90 bits per heavy atom. The second-order valence-corrected chi connectivity index (χ2v) is 7.82. The Kier molecular flexibility index (Phi) is 5.68. The molecule has 1 atom stereocenters. The molecule has 1 unspecified atom stereocenters. The Hall–Kier alpha value is -2.99. The number of allylic oxidation sites excluding steroid dienone is 2. The summed E-state index contributed by atoms with van der Waals surface area (Å²) >= 11 is 6.09. The number of benzene rings is 2. The van der Waals surface area contributed by atoms with Gasteiger partial charge in [-0.25, -0.2) is 0 Å². The molecule has 0 amide bonds. The molecule has 0 spiro atoms. The number of aromatic nitrogens is 1. The van der Waals surface area contributed by atoms with Crippen LogP contribution in [0, 0.1) is 10.1 Å². The third-order valence-corrected chi connectivity index (χ3v) is 5.88. The van der Waals surface area contributed by atoms with Crippen LogP contribution in [0.4, 0.5) is 0 Å². The highest BCUT2D eigenvalue weighted by Gasteiger charge is 2.29. The van der Waals surface area contributed by atoms with Crippen molar-refractivity contribution in [3.8, 4) is 22.6 Å². The molecular weight excluding hydrogens is 404 g/mol. The van der Waals surface area contributed by atoms with E-state index in [9.17, 15) is 10.1 Å². The van der Waals surface area contributed by atoms with E-state index in [-0.39, 0.29) is 17.4 Å². The van der Waals surface area contributed by atoms with Crippen LogP contribution in [0.1, 0.15) is 24.3 Å². The van der Waals surface area contributed by atoms with Gasteiger partial charge in [0, 0.05) is 39.9 Å². The van der Waals surface area contributed by atoms with E-state index in [2.05, 4.69) is 22.9 Å². The van der Waals surface area contributed by atoms with Crippen LogP contribution in [0.15, 0.2) is 48.7 Å². The van der Waals surface area contributed by atoms with E-state index in [1.54, 1.807) is 14.2 Å². The molecule has 1 aliphatic rings. The lowest BCUT2D eigenvalue weighted by Crippen LogP contribution is -2.15. The largest absolute Gasteiger partial charge is 0.496 e. The molecule has 30 heavy (non-hydrogen) atoms. The lowest BCUT2D eigenvalue weighted by atomic mass is 9.90. The molecule has 2 aromatic carbocycles. The summed E-state index contributed by atoms with van der Waals surface area (Å²) in [6, 6.07) is 9.51. The Morgan fingerprint density at radius 3 is 2.57 bits per heavy atom. The average Bonchev–Trinajstić information content (AvgIpc) is 3.13. The molecule has 0 N–H and O–H groups in total. The van der Waals surface area contributed by atoms with E-state index >= 15 is 0 Å². The van der Waals surface area contributed by atoms with Crippen LogP contribution in [-0.4, -0.2) is 30.3 Å². The number of rotatable bonds is 5. The highest BCUT2D eigenvalue weighted by atomic mass is 35.5. The van der Waals surface area contributed by atoms with Crippen LogP contribution >= 0.6 is 11.6 Å². The van der Waals surface area contributed by atoms with Gasteiger partial charge in [0.2, 0.25) is 6.54 Å². The van der Waals surface area contributed by atoms with Crippen LogP contribution in [0.5, 0.6) is 11.5 Å². The molecule has 2 heterocycles. The van der Waals surface area contributed by atoms with Crippen LogP contribution in [0.2, 0.25) is 5.02 Å². The molecular formula is C23H23ClN2O4. The number of nitro groups is 1. The third kappa shape index (κ3) is 3.63. The molecule has 6 nitrogen and oxygen atoms in total. The zero-order chi connectivity index (χ0) is 21.3. The van der Waals surface area contributed by atoms with Gasteiger partial charge < -0.3 is 14.0 Å². The smallest absolute Gasteiger partial charge is 0.210 e. The molecule has 0 aliphatic carbocycles. The molecule has 0 saturated carbocycles. The molecule has 0 fully saturated rings. The molecule has 4 rings (SSSR count). The Balaban J connectivity index is 2.08. The van der Waals surface area contributed by atoms with Gasteiger partial charge in [-0.05, 0) is 30.5 Å². The van der Waals surface area contributed by atoms with E-state index in [1.807, 2.05) is 30.3 Å². The molecule has 0 radical (unpaired) electrons. The predicted molar refractivity (Wildman–Crippen MR) is 118 cm³/mol. The third-order valence-electron chi connectivity index (χ3n) is 5.63. The summed E-state index contributed by atoms with van der Waals surface area (Å²) in [7, 11) is 3.22. The predicted octanol–water partition coefficient (Wildman–Crippen LogP) is 5.69. The summed E-state index contributed by atoms with van der Waals surface area (Å²) in [6.45, 7) is 0.520. The van der Waals surface area contributed by atoms with Crippen molar-refractivity contribution in [3.63, 3.8) is 0 Å². The van der Waals surface area contributed by atoms with E-state index in [0.29, 0.717) is 29.5 Å². The summed E-state index contributed by atoms with van der Waals surface area (Å²) in [5.74, 6) is 1.03. The number of hydrogen-bond donors (Lipinski definition) is 0. The highest BCUT2D eigenvalue weighted by molar-refractivity contribution is 6.30. The second kappa shape index (κ2) is 8.40. The molecule has 0 bridgehead atoms. The zero-order valence-corrected chi connectivity index (χ0v) is 17.7. The molecule has 0 saturated heterocycles. The van der Waals surface area contributed by atoms with Crippen molar-refractivity contribution in [1.29, 1.82) is 0 Å². The normalized spacial score (nSPS) is 17.1. The Morgan fingerprint density at radius 1 is 1.17 bits per heavy atom. The Labute approximate surface area is 179 Å². The molecule has 1 aliphatic heterocycles. The monoisotopic (exact) mass is 426 g/mol. The van der Waals surface area contributed by atoms with Crippen LogP contribution in [0.25, 0.3) is 22.0 Å². The number of methoxy groups -OCH3 is 2. The van der Waals surface area contributed by atoms with Crippen LogP contribution < -0.4 is 9.47 Å². The lowest BCUT2D eigenvalue weighted by Gasteiger charge is -2.20.